The fraction of sp³-hybridized carbons (Fsp3) is 1.00. The number of aliphatic hydroxyl groups excluding tert-OH is 1. The summed E-state index contributed by atoms with van der Waals surface area (Å²) in [5, 5.41) is 9.00. The minimum atomic E-state index is -4.09. The number of aliphatic hydroxyl groups is 1. The van der Waals surface area contributed by atoms with Crippen LogP contribution in [0.5, 0.6) is 0 Å². The SMILES string of the molecule is CCCCCCCCCCCCCCCCOC(CO)CS(=O)(=O)O.[NaH]. The Morgan fingerprint density at radius 2 is 1.15 bits per heavy atom. The van der Waals surface area contributed by atoms with Crippen LogP contribution in [-0.2, 0) is 14.9 Å². The van der Waals surface area contributed by atoms with Crippen LogP contribution in [0.1, 0.15) is 96.8 Å². The van der Waals surface area contributed by atoms with Crippen molar-refractivity contribution in [2.24, 2.45) is 0 Å². The standard InChI is InChI=1S/C19H40O5S.Na.H/c1-2-3-4-5-6-7-8-9-10-11-12-13-14-15-16-24-19(17-20)18-25(21,22)23;;/h19-20H,2-18H2,1H3,(H,21,22,23);;. The van der Waals surface area contributed by atoms with Crippen molar-refractivity contribution in [3.8, 4) is 0 Å². The fourth-order valence-electron chi connectivity index (χ4n) is 2.94. The molecule has 1 unspecified atom stereocenters. The van der Waals surface area contributed by atoms with Crippen LogP contribution in [0.25, 0.3) is 0 Å². The van der Waals surface area contributed by atoms with Gasteiger partial charge >= 0.3 is 29.6 Å². The third kappa shape index (κ3) is 22.9. The zero-order valence-electron chi connectivity index (χ0n) is 16.1. The zero-order chi connectivity index (χ0) is 18.8. The Balaban J connectivity index is 0. The molecule has 0 bridgehead atoms. The van der Waals surface area contributed by atoms with Crippen LogP contribution < -0.4 is 0 Å². The van der Waals surface area contributed by atoms with Gasteiger partial charge in [0.15, 0.2) is 0 Å². The van der Waals surface area contributed by atoms with Crippen molar-refractivity contribution in [3.05, 3.63) is 0 Å². The normalized spacial score (nSPS) is 12.7. The van der Waals surface area contributed by atoms with E-state index in [-0.39, 0.29) is 29.6 Å². The maximum atomic E-state index is 10.7. The summed E-state index contributed by atoms with van der Waals surface area (Å²) in [4.78, 5) is 0. The van der Waals surface area contributed by atoms with E-state index >= 15 is 0 Å². The first kappa shape index (κ1) is 29.0. The summed E-state index contributed by atoms with van der Waals surface area (Å²) in [6.07, 6.45) is 17.1. The summed E-state index contributed by atoms with van der Waals surface area (Å²) in [5.74, 6) is -0.540. The van der Waals surface area contributed by atoms with Crippen LogP contribution in [0.15, 0.2) is 0 Å². The van der Waals surface area contributed by atoms with Gasteiger partial charge in [0.25, 0.3) is 10.1 Å². The third-order valence-corrected chi connectivity index (χ3v) is 5.24. The van der Waals surface area contributed by atoms with Gasteiger partial charge in [-0.25, -0.2) is 0 Å². The maximum absolute atomic E-state index is 10.7. The van der Waals surface area contributed by atoms with Crippen LogP contribution in [0.4, 0.5) is 0 Å². The van der Waals surface area contributed by atoms with E-state index in [1.807, 2.05) is 0 Å². The van der Waals surface area contributed by atoms with Gasteiger partial charge in [0, 0.05) is 6.61 Å². The molecule has 0 amide bonds. The van der Waals surface area contributed by atoms with Gasteiger partial charge < -0.3 is 9.84 Å². The van der Waals surface area contributed by atoms with Crippen molar-refractivity contribution < 1.29 is 22.8 Å². The van der Waals surface area contributed by atoms with Crippen LogP contribution >= 0.6 is 0 Å². The van der Waals surface area contributed by atoms with Crippen molar-refractivity contribution in [2.75, 3.05) is 19.0 Å². The molecule has 0 aromatic heterocycles. The van der Waals surface area contributed by atoms with Gasteiger partial charge in [-0.3, -0.25) is 4.55 Å². The van der Waals surface area contributed by atoms with Crippen LogP contribution in [0.2, 0.25) is 0 Å². The Morgan fingerprint density at radius 3 is 1.50 bits per heavy atom. The van der Waals surface area contributed by atoms with E-state index in [2.05, 4.69) is 6.92 Å². The second-order valence-electron chi connectivity index (χ2n) is 7.02. The van der Waals surface area contributed by atoms with Gasteiger partial charge in [0.2, 0.25) is 0 Å². The Morgan fingerprint density at radius 1 is 0.769 bits per heavy atom. The molecule has 26 heavy (non-hydrogen) atoms. The molecule has 0 fully saturated rings. The first-order chi connectivity index (χ1) is 12.0. The monoisotopic (exact) mass is 404 g/mol. The van der Waals surface area contributed by atoms with Crippen molar-refractivity contribution in [1.29, 1.82) is 0 Å². The van der Waals surface area contributed by atoms with Crippen molar-refractivity contribution in [2.45, 2.75) is 103 Å². The Kier molecular flexibility index (Phi) is 23.0. The molecule has 0 spiro atoms. The average Bonchev–Trinajstić information content (AvgIpc) is 2.56. The second kappa shape index (κ2) is 20.6. The first-order valence-electron chi connectivity index (χ1n) is 10.2. The molecule has 0 saturated carbocycles. The van der Waals surface area contributed by atoms with E-state index in [0.717, 1.165) is 12.8 Å². The topological polar surface area (TPSA) is 83.8 Å². The average molecular weight is 405 g/mol. The summed E-state index contributed by atoms with van der Waals surface area (Å²) in [6, 6.07) is 0. The van der Waals surface area contributed by atoms with E-state index in [1.165, 1.54) is 77.0 Å². The predicted octanol–water partition coefficient (Wildman–Crippen LogP) is 4.08. The number of hydrogen-bond acceptors (Lipinski definition) is 4. The van der Waals surface area contributed by atoms with E-state index in [0.29, 0.717) is 6.61 Å². The summed E-state index contributed by atoms with van der Waals surface area (Å²) >= 11 is 0. The molecule has 154 valence electrons. The first-order valence-corrected chi connectivity index (χ1v) is 11.8. The van der Waals surface area contributed by atoms with Crippen molar-refractivity contribution >= 4 is 39.7 Å². The summed E-state index contributed by atoms with van der Waals surface area (Å²) < 4.78 is 35.5. The molecular formula is C19H41NaO5S. The molecule has 0 rings (SSSR count). The van der Waals surface area contributed by atoms with Crippen molar-refractivity contribution in [1.82, 2.24) is 0 Å². The quantitative estimate of drug-likeness (QED) is 0.192. The predicted molar refractivity (Wildman–Crippen MR) is 111 cm³/mol. The second-order valence-corrected chi connectivity index (χ2v) is 8.52. The van der Waals surface area contributed by atoms with Gasteiger partial charge in [-0.15, -0.1) is 0 Å². The molecule has 0 aliphatic heterocycles. The molecule has 7 heteroatoms. The molecule has 0 aromatic rings. The molecule has 0 aliphatic carbocycles. The van der Waals surface area contributed by atoms with E-state index in [9.17, 15) is 8.42 Å². The number of hydrogen-bond donors (Lipinski definition) is 2. The molecule has 0 aliphatic rings. The number of rotatable bonds is 19. The molecule has 1 atom stereocenters. The molecule has 0 heterocycles. The van der Waals surface area contributed by atoms with E-state index in [4.69, 9.17) is 14.4 Å². The summed E-state index contributed by atoms with van der Waals surface area (Å²) in [5.41, 5.74) is 0. The number of ether oxygens (including phenoxy) is 1. The molecule has 5 nitrogen and oxygen atoms in total. The fourth-order valence-corrected chi connectivity index (χ4v) is 3.61. The molecule has 0 saturated heterocycles. The van der Waals surface area contributed by atoms with Crippen molar-refractivity contribution in [3.63, 3.8) is 0 Å². The van der Waals surface area contributed by atoms with Crippen LogP contribution in [-0.4, -0.2) is 72.7 Å². The van der Waals surface area contributed by atoms with Gasteiger partial charge in [-0.05, 0) is 6.42 Å². The van der Waals surface area contributed by atoms with E-state index in [1.54, 1.807) is 0 Å². The molecule has 2 N–H and O–H groups in total. The summed E-state index contributed by atoms with van der Waals surface area (Å²) in [6.45, 7) is 2.29. The van der Waals surface area contributed by atoms with Gasteiger partial charge in [0.05, 0.1) is 12.7 Å². The molecule has 0 radical (unpaired) electrons. The molecular weight excluding hydrogens is 363 g/mol. The Bertz CT molecular complexity index is 376. The number of unbranched alkanes of at least 4 members (excludes halogenated alkanes) is 13. The Hall–Kier alpha value is 0.830. The van der Waals surface area contributed by atoms with Gasteiger partial charge in [0.1, 0.15) is 5.75 Å². The van der Waals surface area contributed by atoms with Crippen LogP contribution in [0.3, 0.4) is 0 Å². The molecule has 0 aromatic carbocycles. The van der Waals surface area contributed by atoms with Gasteiger partial charge in [-0.2, -0.15) is 8.42 Å². The summed E-state index contributed by atoms with van der Waals surface area (Å²) in [7, 11) is -4.09. The Labute approximate surface area is 183 Å². The third-order valence-electron chi connectivity index (χ3n) is 4.45. The van der Waals surface area contributed by atoms with E-state index < -0.39 is 28.6 Å². The van der Waals surface area contributed by atoms with Crippen LogP contribution in [0, 0.1) is 0 Å². The zero-order valence-corrected chi connectivity index (χ0v) is 16.9. The van der Waals surface area contributed by atoms with Gasteiger partial charge in [-0.1, -0.05) is 90.4 Å². The minimum absolute atomic E-state index is 0.